The summed E-state index contributed by atoms with van der Waals surface area (Å²) in [4.78, 5) is 41.3. The molecule has 1 aromatic carbocycles. The summed E-state index contributed by atoms with van der Waals surface area (Å²) in [5.74, 6) is 0.761. The normalized spacial score (nSPS) is 26.1. The van der Waals surface area contributed by atoms with Gasteiger partial charge >= 0.3 is 6.03 Å². The molecular weight excluding hydrogens is 374 g/mol. The zero-order chi connectivity index (χ0) is 20.6. The van der Waals surface area contributed by atoms with Gasteiger partial charge in [-0.05, 0) is 50.3 Å². The Morgan fingerprint density at radius 3 is 2.83 bits per heavy atom. The zero-order valence-corrected chi connectivity index (χ0v) is 16.9. The van der Waals surface area contributed by atoms with Crippen molar-refractivity contribution in [3.05, 3.63) is 23.8 Å². The van der Waals surface area contributed by atoms with Gasteiger partial charge in [0.1, 0.15) is 12.1 Å². The predicted octanol–water partition coefficient (Wildman–Crippen LogP) is 2.06. The minimum absolute atomic E-state index is 0.160. The third-order valence-corrected chi connectivity index (χ3v) is 6.05. The van der Waals surface area contributed by atoms with Gasteiger partial charge in [0, 0.05) is 19.0 Å². The van der Waals surface area contributed by atoms with Crippen LogP contribution in [0.3, 0.4) is 0 Å². The average Bonchev–Trinajstić information content (AvgIpc) is 3.25. The highest BCUT2D eigenvalue weighted by molar-refractivity contribution is 6.09. The Labute approximate surface area is 170 Å². The van der Waals surface area contributed by atoms with Gasteiger partial charge in [0.25, 0.3) is 5.91 Å². The van der Waals surface area contributed by atoms with Crippen molar-refractivity contribution in [2.75, 3.05) is 19.9 Å². The van der Waals surface area contributed by atoms with Crippen LogP contribution < -0.4 is 14.8 Å². The predicted molar refractivity (Wildman–Crippen MR) is 105 cm³/mol. The second kappa shape index (κ2) is 7.57. The fourth-order valence-corrected chi connectivity index (χ4v) is 4.45. The van der Waals surface area contributed by atoms with Crippen LogP contribution in [-0.2, 0) is 16.0 Å². The van der Waals surface area contributed by atoms with Gasteiger partial charge in [-0.2, -0.15) is 0 Å². The van der Waals surface area contributed by atoms with E-state index >= 15 is 0 Å². The SMILES string of the molecule is CC[C@H]1CCCCN1C(=O)CN1C(=O)N[C@@](C)(Cc2ccc3c(c2)OCO3)C1=O. The molecule has 3 aliphatic heterocycles. The van der Waals surface area contributed by atoms with Gasteiger partial charge in [-0.25, -0.2) is 4.79 Å². The standard InChI is InChI=1S/C21H27N3O5/c1-3-15-6-4-5-9-23(15)18(25)12-24-19(26)21(2,22-20(24)27)11-14-7-8-16-17(10-14)29-13-28-16/h7-8,10,15H,3-6,9,11-13H2,1-2H3,(H,22,27)/t15-,21-/m0/s1. The number of urea groups is 1. The molecule has 2 fully saturated rings. The first-order valence-corrected chi connectivity index (χ1v) is 10.2. The molecule has 8 nitrogen and oxygen atoms in total. The lowest BCUT2D eigenvalue weighted by Crippen LogP contribution is -2.50. The Kier molecular flexibility index (Phi) is 5.10. The lowest BCUT2D eigenvalue weighted by atomic mass is 9.92. The molecule has 4 amide bonds. The summed E-state index contributed by atoms with van der Waals surface area (Å²) in [6.45, 7) is 4.41. The summed E-state index contributed by atoms with van der Waals surface area (Å²) in [5.41, 5.74) is -0.252. The van der Waals surface area contributed by atoms with Crippen LogP contribution in [0.2, 0.25) is 0 Å². The lowest BCUT2D eigenvalue weighted by molar-refractivity contribution is -0.141. The topological polar surface area (TPSA) is 88.2 Å². The molecule has 0 bridgehead atoms. The fourth-order valence-electron chi connectivity index (χ4n) is 4.45. The zero-order valence-electron chi connectivity index (χ0n) is 16.9. The minimum atomic E-state index is -1.10. The van der Waals surface area contributed by atoms with E-state index in [1.807, 2.05) is 17.0 Å². The second-order valence-electron chi connectivity index (χ2n) is 8.16. The summed E-state index contributed by atoms with van der Waals surface area (Å²) >= 11 is 0. The number of benzene rings is 1. The Hall–Kier alpha value is -2.77. The Balaban J connectivity index is 1.45. The number of carbonyl (C=O) groups is 3. The van der Waals surface area contributed by atoms with Crippen molar-refractivity contribution in [2.24, 2.45) is 0 Å². The summed E-state index contributed by atoms with van der Waals surface area (Å²) in [6.07, 6.45) is 4.24. The molecule has 3 aliphatic rings. The number of rotatable bonds is 5. The average molecular weight is 401 g/mol. The quantitative estimate of drug-likeness (QED) is 0.763. The van der Waals surface area contributed by atoms with E-state index in [-0.39, 0.29) is 31.2 Å². The van der Waals surface area contributed by atoms with E-state index < -0.39 is 11.6 Å². The number of amides is 4. The number of fused-ring (bicyclic) bond motifs is 1. The molecule has 0 unspecified atom stereocenters. The van der Waals surface area contributed by atoms with Crippen LogP contribution in [0.15, 0.2) is 18.2 Å². The number of imide groups is 1. The first-order valence-electron chi connectivity index (χ1n) is 10.2. The fraction of sp³-hybridized carbons (Fsp3) is 0.571. The molecule has 0 radical (unpaired) electrons. The monoisotopic (exact) mass is 401 g/mol. The molecule has 2 saturated heterocycles. The molecule has 3 heterocycles. The van der Waals surface area contributed by atoms with Crippen LogP contribution in [0.5, 0.6) is 11.5 Å². The number of likely N-dealkylation sites (tertiary alicyclic amines) is 1. The maximum absolute atomic E-state index is 13.1. The molecule has 0 saturated carbocycles. The van der Waals surface area contributed by atoms with Gasteiger partial charge < -0.3 is 19.7 Å². The van der Waals surface area contributed by atoms with Crippen molar-refractivity contribution in [2.45, 2.75) is 57.5 Å². The Morgan fingerprint density at radius 2 is 2.03 bits per heavy atom. The third-order valence-electron chi connectivity index (χ3n) is 6.05. The molecule has 1 N–H and O–H groups in total. The molecule has 4 rings (SSSR count). The van der Waals surface area contributed by atoms with E-state index in [9.17, 15) is 14.4 Å². The molecule has 156 valence electrons. The first-order chi connectivity index (χ1) is 13.9. The van der Waals surface area contributed by atoms with Gasteiger partial charge in [-0.1, -0.05) is 13.0 Å². The van der Waals surface area contributed by atoms with Gasteiger partial charge in [0.05, 0.1) is 0 Å². The number of nitrogens with one attached hydrogen (secondary N) is 1. The summed E-state index contributed by atoms with van der Waals surface area (Å²) in [7, 11) is 0. The van der Waals surface area contributed by atoms with Crippen LogP contribution in [0.1, 0.15) is 45.1 Å². The second-order valence-corrected chi connectivity index (χ2v) is 8.16. The largest absolute Gasteiger partial charge is 0.454 e. The van der Waals surface area contributed by atoms with E-state index in [4.69, 9.17) is 9.47 Å². The van der Waals surface area contributed by atoms with Gasteiger partial charge in [-0.15, -0.1) is 0 Å². The Morgan fingerprint density at radius 1 is 1.24 bits per heavy atom. The minimum Gasteiger partial charge on any atom is -0.454 e. The number of hydrogen-bond acceptors (Lipinski definition) is 5. The van der Waals surface area contributed by atoms with Crippen LogP contribution >= 0.6 is 0 Å². The van der Waals surface area contributed by atoms with Gasteiger partial charge in [0.2, 0.25) is 12.7 Å². The first kappa shape index (κ1) is 19.5. The maximum Gasteiger partial charge on any atom is 0.325 e. The van der Waals surface area contributed by atoms with E-state index in [2.05, 4.69) is 12.2 Å². The van der Waals surface area contributed by atoms with Crippen molar-refractivity contribution in [1.29, 1.82) is 0 Å². The van der Waals surface area contributed by atoms with Crippen LogP contribution in [0, 0.1) is 0 Å². The van der Waals surface area contributed by atoms with Crippen molar-refractivity contribution in [3.63, 3.8) is 0 Å². The summed E-state index contributed by atoms with van der Waals surface area (Å²) in [6, 6.07) is 5.14. The van der Waals surface area contributed by atoms with Gasteiger partial charge in [0.15, 0.2) is 11.5 Å². The molecule has 0 aliphatic carbocycles. The Bertz CT molecular complexity index is 842. The van der Waals surface area contributed by atoms with E-state index in [0.717, 1.165) is 36.1 Å². The number of nitrogens with zero attached hydrogens (tertiary/aromatic N) is 2. The van der Waals surface area contributed by atoms with E-state index in [0.29, 0.717) is 24.5 Å². The highest BCUT2D eigenvalue weighted by atomic mass is 16.7. The lowest BCUT2D eigenvalue weighted by Gasteiger charge is -2.36. The number of hydrogen-bond donors (Lipinski definition) is 1. The molecule has 29 heavy (non-hydrogen) atoms. The van der Waals surface area contributed by atoms with Crippen LogP contribution in [0.4, 0.5) is 4.79 Å². The molecule has 1 aromatic rings. The van der Waals surface area contributed by atoms with Crippen molar-refractivity contribution in [1.82, 2.24) is 15.1 Å². The maximum atomic E-state index is 13.1. The number of piperidine rings is 1. The summed E-state index contributed by atoms with van der Waals surface area (Å²) < 4.78 is 10.7. The van der Waals surface area contributed by atoms with Crippen molar-refractivity contribution in [3.8, 4) is 11.5 Å². The number of ether oxygens (including phenoxy) is 2. The molecule has 0 aromatic heterocycles. The van der Waals surface area contributed by atoms with Crippen LogP contribution in [0.25, 0.3) is 0 Å². The number of carbonyl (C=O) groups excluding carboxylic acids is 3. The van der Waals surface area contributed by atoms with Gasteiger partial charge in [-0.3, -0.25) is 14.5 Å². The van der Waals surface area contributed by atoms with Crippen molar-refractivity contribution < 1.29 is 23.9 Å². The molecular formula is C21H27N3O5. The molecule has 8 heteroatoms. The third kappa shape index (κ3) is 3.63. The van der Waals surface area contributed by atoms with Crippen molar-refractivity contribution >= 4 is 17.8 Å². The van der Waals surface area contributed by atoms with E-state index in [1.165, 1.54) is 0 Å². The highest BCUT2D eigenvalue weighted by Crippen LogP contribution is 2.34. The smallest absolute Gasteiger partial charge is 0.325 e. The highest BCUT2D eigenvalue weighted by Gasteiger charge is 2.48. The summed E-state index contributed by atoms with van der Waals surface area (Å²) in [5, 5.41) is 2.77. The van der Waals surface area contributed by atoms with E-state index in [1.54, 1.807) is 13.0 Å². The molecule has 2 atom stereocenters. The van der Waals surface area contributed by atoms with Crippen LogP contribution in [-0.4, -0.2) is 59.1 Å². The molecule has 0 spiro atoms.